The zero-order valence-electron chi connectivity index (χ0n) is 18.0. The number of hydrogen-bond acceptors (Lipinski definition) is 4. The molecule has 0 N–H and O–H groups in total. The summed E-state index contributed by atoms with van der Waals surface area (Å²) in [7, 11) is 0. The fourth-order valence-electron chi connectivity index (χ4n) is 4.43. The van der Waals surface area contributed by atoms with Gasteiger partial charge in [0.1, 0.15) is 0 Å². The van der Waals surface area contributed by atoms with Gasteiger partial charge in [0.05, 0.1) is 11.4 Å². The van der Waals surface area contributed by atoms with Gasteiger partial charge in [0, 0.05) is 25.9 Å². The Hall–Kier alpha value is -2.30. The van der Waals surface area contributed by atoms with Crippen LogP contribution in [-0.2, 0) is 0 Å². The first-order chi connectivity index (χ1) is 14.9. The summed E-state index contributed by atoms with van der Waals surface area (Å²) in [4.78, 5) is 5.10. The maximum Gasteiger partial charge on any atom is 0.0715 e. The summed E-state index contributed by atoms with van der Waals surface area (Å²) in [6, 6.07) is 21.1. The molecule has 0 amide bonds. The lowest BCUT2D eigenvalue weighted by atomic mass is 10.1. The molecule has 0 saturated carbocycles. The minimum Gasteiger partial charge on any atom is -0.303 e. The number of rotatable bonds is 9. The summed E-state index contributed by atoms with van der Waals surface area (Å²) in [5.41, 5.74) is 4.56. The SMILES string of the molecule is c1ccc(C(CCN2CCCC2)=NN=C(CCN2CCCC2)c2ccccc2)cc1. The Labute approximate surface area is 181 Å². The van der Waals surface area contributed by atoms with Gasteiger partial charge in [-0.1, -0.05) is 60.7 Å². The molecule has 0 aliphatic carbocycles. The van der Waals surface area contributed by atoms with Crippen molar-refractivity contribution in [2.45, 2.75) is 38.5 Å². The van der Waals surface area contributed by atoms with Gasteiger partial charge in [-0.25, -0.2) is 0 Å². The van der Waals surface area contributed by atoms with E-state index in [1.807, 2.05) is 0 Å². The summed E-state index contributed by atoms with van der Waals surface area (Å²) >= 11 is 0. The highest BCUT2D eigenvalue weighted by molar-refractivity contribution is 6.03. The quantitative estimate of drug-likeness (QED) is 0.443. The van der Waals surface area contributed by atoms with E-state index < -0.39 is 0 Å². The Kier molecular flexibility index (Phi) is 7.81. The van der Waals surface area contributed by atoms with Crippen LogP contribution in [0.4, 0.5) is 0 Å². The van der Waals surface area contributed by atoms with Gasteiger partial charge in [0.2, 0.25) is 0 Å². The zero-order chi connectivity index (χ0) is 20.4. The van der Waals surface area contributed by atoms with Crippen molar-refractivity contribution in [3.8, 4) is 0 Å². The molecule has 30 heavy (non-hydrogen) atoms. The third-order valence-corrected chi connectivity index (χ3v) is 6.23. The largest absolute Gasteiger partial charge is 0.303 e. The number of nitrogens with zero attached hydrogens (tertiary/aromatic N) is 4. The topological polar surface area (TPSA) is 31.2 Å². The van der Waals surface area contributed by atoms with Crippen LogP contribution in [0.5, 0.6) is 0 Å². The zero-order valence-corrected chi connectivity index (χ0v) is 18.0. The summed E-state index contributed by atoms with van der Waals surface area (Å²) in [6.07, 6.45) is 7.19. The standard InChI is InChI=1S/C26H34N4/c1-3-11-23(12-4-1)25(15-21-29-17-7-8-18-29)27-28-26(24-13-5-2-6-14-24)16-22-30-19-9-10-20-30/h1-6,11-14H,7-10,15-22H2. The van der Waals surface area contributed by atoms with E-state index in [0.717, 1.165) is 37.4 Å². The highest BCUT2D eigenvalue weighted by Gasteiger charge is 2.15. The van der Waals surface area contributed by atoms with E-state index in [4.69, 9.17) is 10.2 Å². The van der Waals surface area contributed by atoms with Gasteiger partial charge in [-0.15, -0.1) is 0 Å². The molecule has 158 valence electrons. The molecule has 2 aromatic rings. The average molecular weight is 403 g/mol. The molecule has 0 atom stereocenters. The average Bonchev–Trinajstić information content (AvgIpc) is 3.51. The Morgan fingerprint density at radius 1 is 0.567 bits per heavy atom. The fourth-order valence-corrected chi connectivity index (χ4v) is 4.43. The van der Waals surface area contributed by atoms with E-state index >= 15 is 0 Å². The van der Waals surface area contributed by atoms with E-state index in [-0.39, 0.29) is 0 Å². The molecule has 2 aromatic carbocycles. The lowest BCUT2D eigenvalue weighted by Crippen LogP contribution is -2.23. The molecule has 4 rings (SSSR count). The molecule has 0 unspecified atom stereocenters. The number of hydrogen-bond donors (Lipinski definition) is 0. The van der Waals surface area contributed by atoms with Gasteiger partial charge in [-0.3, -0.25) is 0 Å². The van der Waals surface area contributed by atoms with Gasteiger partial charge in [0.15, 0.2) is 0 Å². The van der Waals surface area contributed by atoms with Gasteiger partial charge in [-0.2, -0.15) is 10.2 Å². The summed E-state index contributed by atoms with van der Waals surface area (Å²) in [5, 5.41) is 9.67. The molecule has 0 radical (unpaired) electrons. The summed E-state index contributed by atoms with van der Waals surface area (Å²) < 4.78 is 0. The van der Waals surface area contributed by atoms with Gasteiger partial charge < -0.3 is 9.80 Å². The monoisotopic (exact) mass is 402 g/mol. The van der Waals surface area contributed by atoms with Crippen molar-refractivity contribution in [2.75, 3.05) is 39.3 Å². The van der Waals surface area contributed by atoms with Crippen LogP contribution in [0.25, 0.3) is 0 Å². The Balaban J connectivity index is 1.54. The van der Waals surface area contributed by atoms with E-state index in [9.17, 15) is 0 Å². The van der Waals surface area contributed by atoms with Crippen LogP contribution < -0.4 is 0 Å². The first kappa shape index (κ1) is 21.0. The van der Waals surface area contributed by atoms with Gasteiger partial charge in [0.25, 0.3) is 0 Å². The molecule has 0 spiro atoms. The maximum atomic E-state index is 4.84. The highest BCUT2D eigenvalue weighted by atomic mass is 15.2. The minimum absolute atomic E-state index is 0.946. The van der Waals surface area contributed by atoms with Crippen LogP contribution in [0.2, 0.25) is 0 Å². The Morgan fingerprint density at radius 3 is 1.30 bits per heavy atom. The molecule has 2 saturated heterocycles. The molecule has 0 aromatic heterocycles. The summed E-state index contributed by atoms with van der Waals surface area (Å²) in [6.45, 7) is 7.01. The fraction of sp³-hybridized carbons (Fsp3) is 0.462. The van der Waals surface area contributed by atoms with Crippen molar-refractivity contribution in [2.24, 2.45) is 10.2 Å². The van der Waals surface area contributed by atoms with E-state index in [0.29, 0.717) is 0 Å². The number of benzene rings is 2. The van der Waals surface area contributed by atoms with E-state index in [1.54, 1.807) is 0 Å². The molecule has 4 heteroatoms. The lowest BCUT2D eigenvalue weighted by Gasteiger charge is -2.16. The normalized spacial score (nSPS) is 18.9. The van der Waals surface area contributed by atoms with Crippen molar-refractivity contribution in [3.05, 3.63) is 71.8 Å². The smallest absolute Gasteiger partial charge is 0.0715 e. The van der Waals surface area contributed by atoms with Crippen LogP contribution >= 0.6 is 0 Å². The van der Waals surface area contributed by atoms with Gasteiger partial charge in [-0.05, 0) is 63.0 Å². The molecule has 2 fully saturated rings. The van der Waals surface area contributed by atoms with Gasteiger partial charge >= 0.3 is 0 Å². The van der Waals surface area contributed by atoms with Crippen LogP contribution in [0.1, 0.15) is 49.7 Å². The van der Waals surface area contributed by atoms with E-state index in [2.05, 4.69) is 70.5 Å². The second-order valence-electron chi connectivity index (χ2n) is 8.42. The highest BCUT2D eigenvalue weighted by Crippen LogP contribution is 2.14. The van der Waals surface area contributed by atoms with E-state index in [1.165, 1.54) is 63.0 Å². The summed E-state index contributed by atoms with van der Waals surface area (Å²) in [5.74, 6) is 0. The Bertz CT molecular complexity index is 745. The Morgan fingerprint density at radius 2 is 0.933 bits per heavy atom. The van der Waals surface area contributed by atoms with Crippen LogP contribution in [0, 0.1) is 0 Å². The molecule has 4 nitrogen and oxygen atoms in total. The van der Waals surface area contributed by atoms with Crippen molar-refractivity contribution >= 4 is 11.4 Å². The second kappa shape index (κ2) is 11.2. The molecule has 2 aliphatic heterocycles. The predicted octanol–water partition coefficient (Wildman–Crippen LogP) is 4.85. The third kappa shape index (κ3) is 6.10. The van der Waals surface area contributed by atoms with Crippen molar-refractivity contribution in [1.29, 1.82) is 0 Å². The molecule has 2 heterocycles. The molecular weight excluding hydrogens is 368 g/mol. The number of likely N-dealkylation sites (tertiary alicyclic amines) is 2. The maximum absolute atomic E-state index is 4.84. The molecule has 2 aliphatic rings. The van der Waals surface area contributed by atoms with Crippen molar-refractivity contribution in [3.63, 3.8) is 0 Å². The van der Waals surface area contributed by atoms with Crippen LogP contribution in [0.15, 0.2) is 70.9 Å². The second-order valence-corrected chi connectivity index (χ2v) is 8.42. The lowest BCUT2D eigenvalue weighted by molar-refractivity contribution is 0.349. The first-order valence-corrected chi connectivity index (χ1v) is 11.6. The van der Waals surface area contributed by atoms with Crippen LogP contribution in [0.3, 0.4) is 0 Å². The molecule has 0 bridgehead atoms. The van der Waals surface area contributed by atoms with Crippen LogP contribution in [-0.4, -0.2) is 60.5 Å². The first-order valence-electron chi connectivity index (χ1n) is 11.6. The van der Waals surface area contributed by atoms with Crippen molar-refractivity contribution < 1.29 is 0 Å². The van der Waals surface area contributed by atoms with Crippen molar-refractivity contribution in [1.82, 2.24) is 9.80 Å². The third-order valence-electron chi connectivity index (χ3n) is 6.23. The molecular formula is C26H34N4. The minimum atomic E-state index is 0.946. The predicted molar refractivity (Wildman–Crippen MR) is 127 cm³/mol.